The van der Waals surface area contributed by atoms with Crippen LogP contribution in [0.4, 0.5) is 0 Å². The molecule has 3 rings (SSSR count). The van der Waals surface area contributed by atoms with Crippen molar-refractivity contribution in [3.63, 3.8) is 0 Å². The van der Waals surface area contributed by atoms with Crippen molar-refractivity contribution < 1.29 is 9.47 Å². The van der Waals surface area contributed by atoms with Crippen molar-refractivity contribution in [3.05, 3.63) is 71.3 Å². The minimum Gasteiger partial charge on any atom is -0.490 e. The second kappa shape index (κ2) is 8.39. The first-order valence-corrected chi connectivity index (χ1v) is 8.34. The first-order chi connectivity index (χ1) is 12.2. The fourth-order valence-corrected chi connectivity index (χ4v) is 2.52. The maximum atomic E-state index is 6.01. The van der Waals surface area contributed by atoms with Gasteiger partial charge in [0.25, 0.3) is 0 Å². The lowest BCUT2D eigenvalue weighted by atomic mass is 10.2. The summed E-state index contributed by atoms with van der Waals surface area (Å²) in [4.78, 5) is 0. The molecular weight excluding hydrogens is 340 g/mol. The predicted octanol–water partition coefficient (Wildman–Crippen LogP) is 3.65. The zero-order valence-corrected chi connectivity index (χ0v) is 14.6. The van der Waals surface area contributed by atoms with Crippen molar-refractivity contribution in [3.8, 4) is 11.5 Å². The van der Waals surface area contributed by atoms with Gasteiger partial charge in [-0.1, -0.05) is 29.8 Å². The van der Waals surface area contributed by atoms with Gasteiger partial charge in [0.15, 0.2) is 11.5 Å². The zero-order valence-electron chi connectivity index (χ0n) is 13.9. The van der Waals surface area contributed by atoms with Crippen molar-refractivity contribution in [2.75, 3.05) is 12.0 Å². The molecule has 0 amide bonds. The Balaban J connectivity index is 1.67. The minimum atomic E-state index is 0.430. The van der Waals surface area contributed by atoms with Gasteiger partial charge in [-0.25, -0.2) is 4.68 Å². The molecule has 25 heavy (non-hydrogen) atoms. The lowest BCUT2D eigenvalue weighted by molar-refractivity contribution is 0.269. The Bertz CT molecular complexity index is 809. The second-order valence-corrected chi connectivity index (χ2v) is 5.77. The highest BCUT2D eigenvalue weighted by Gasteiger charge is 2.07. The Labute approximate surface area is 151 Å². The van der Waals surface area contributed by atoms with E-state index in [9.17, 15) is 0 Å². The lowest BCUT2D eigenvalue weighted by Crippen LogP contribution is -2.12. The number of nitrogens with one attached hydrogen (secondary N) is 1. The number of rotatable bonds is 8. The van der Waals surface area contributed by atoms with Gasteiger partial charge in [-0.05, 0) is 42.3 Å². The van der Waals surface area contributed by atoms with Gasteiger partial charge < -0.3 is 14.9 Å². The van der Waals surface area contributed by atoms with Crippen LogP contribution in [0.2, 0.25) is 5.02 Å². The Morgan fingerprint density at radius 3 is 2.60 bits per heavy atom. The van der Waals surface area contributed by atoms with Gasteiger partial charge in [0.2, 0.25) is 0 Å². The molecule has 1 N–H and O–H groups in total. The van der Waals surface area contributed by atoms with Crippen LogP contribution in [-0.2, 0) is 13.2 Å². The molecule has 0 saturated heterocycles. The number of nitrogens with zero attached hydrogens (tertiary/aromatic N) is 3. The molecule has 0 radical (unpaired) electrons. The van der Waals surface area contributed by atoms with Crippen LogP contribution >= 0.6 is 11.6 Å². The molecule has 7 heteroatoms. The van der Waals surface area contributed by atoms with Crippen LogP contribution in [-0.4, -0.2) is 21.5 Å². The Hall–Kier alpha value is -2.73. The number of benzene rings is 2. The smallest absolute Gasteiger partial charge is 0.161 e. The Kier molecular flexibility index (Phi) is 5.74. The van der Waals surface area contributed by atoms with Gasteiger partial charge in [-0.2, -0.15) is 0 Å². The van der Waals surface area contributed by atoms with Gasteiger partial charge >= 0.3 is 0 Å². The first kappa shape index (κ1) is 17.1. The molecule has 0 aliphatic heterocycles. The minimum absolute atomic E-state index is 0.430. The van der Waals surface area contributed by atoms with Crippen LogP contribution in [0.3, 0.4) is 0 Å². The van der Waals surface area contributed by atoms with Crippen molar-refractivity contribution >= 4 is 11.6 Å². The summed E-state index contributed by atoms with van der Waals surface area (Å²) >= 11 is 6.01. The average molecular weight is 359 g/mol. The van der Waals surface area contributed by atoms with E-state index in [1.54, 1.807) is 17.3 Å². The van der Waals surface area contributed by atoms with E-state index >= 15 is 0 Å². The van der Waals surface area contributed by atoms with Gasteiger partial charge in [-0.15, -0.1) is 10.2 Å². The van der Waals surface area contributed by atoms with Crippen molar-refractivity contribution in [2.24, 2.45) is 0 Å². The van der Waals surface area contributed by atoms with E-state index in [-0.39, 0.29) is 0 Å². The largest absolute Gasteiger partial charge is 0.490 e. The van der Waals surface area contributed by atoms with Gasteiger partial charge in [-0.3, -0.25) is 0 Å². The van der Waals surface area contributed by atoms with E-state index in [1.807, 2.05) is 49.4 Å². The number of halogens is 1. The zero-order chi connectivity index (χ0) is 17.5. The first-order valence-electron chi connectivity index (χ1n) is 7.96. The molecule has 0 spiro atoms. The average Bonchev–Trinajstić information content (AvgIpc) is 3.13. The number of ether oxygens (including phenoxy) is 2. The highest BCUT2D eigenvalue weighted by molar-refractivity contribution is 6.30. The summed E-state index contributed by atoms with van der Waals surface area (Å²) in [5, 5.41) is 8.20. The summed E-state index contributed by atoms with van der Waals surface area (Å²) in [6.07, 6.45) is 3.21. The van der Waals surface area contributed by atoms with Gasteiger partial charge in [0.05, 0.1) is 13.2 Å². The molecular formula is C18H19ClN4O2. The molecule has 0 aliphatic carbocycles. The number of hydrogen-bond acceptors (Lipinski definition) is 5. The highest BCUT2D eigenvalue weighted by atomic mass is 35.5. The van der Waals surface area contributed by atoms with E-state index in [0.717, 1.165) is 11.1 Å². The summed E-state index contributed by atoms with van der Waals surface area (Å²) in [5.41, 5.74) is 5.24. The highest BCUT2D eigenvalue weighted by Crippen LogP contribution is 2.29. The lowest BCUT2D eigenvalue weighted by Gasteiger charge is -2.14. The normalized spacial score (nSPS) is 10.5. The van der Waals surface area contributed by atoms with E-state index < -0.39 is 0 Å². The maximum absolute atomic E-state index is 6.01. The standard InChI is InChI=1S/C18H19ClN4O2/c1-2-24-18-9-14(10-22-23-12-20-21-13-23)6-7-17(18)25-11-15-4-3-5-16(19)8-15/h3-9,12-13,22H,2,10-11H2,1H3. The molecule has 0 unspecified atom stereocenters. The fraction of sp³-hybridized carbons (Fsp3) is 0.222. The predicted molar refractivity (Wildman–Crippen MR) is 96.5 cm³/mol. The van der Waals surface area contributed by atoms with Crippen LogP contribution in [0.15, 0.2) is 55.1 Å². The molecule has 1 aromatic heterocycles. The van der Waals surface area contributed by atoms with Gasteiger partial charge in [0.1, 0.15) is 19.3 Å². The van der Waals surface area contributed by atoms with Crippen LogP contribution in [0, 0.1) is 0 Å². The molecule has 130 valence electrons. The van der Waals surface area contributed by atoms with Crippen LogP contribution in [0.5, 0.6) is 11.5 Å². The van der Waals surface area contributed by atoms with E-state index in [0.29, 0.717) is 36.3 Å². The quantitative estimate of drug-likeness (QED) is 0.666. The third kappa shape index (κ3) is 4.87. The number of aromatic nitrogens is 3. The van der Waals surface area contributed by atoms with E-state index in [1.165, 1.54) is 0 Å². The van der Waals surface area contributed by atoms with Crippen LogP contribution in [0.1, 0.15) is 18.1 Å². The van der Waals surface area contributed by atoms with Crippen molar-refractivity contribution in [2.45, 2.75) is 20.1 Å². The Morgan fingerprint density at radius 2 is 1.84 bits per heavy atom. The van der Waals surface area contributed by atoms with Crippen LogP contribution < -0.4 is 14.9 Å². The molecule has 0 aliphatic rings. The third-order valence-electron chi connectivity index (χ3n) is 3.48. The van der Waals surface area contributed by atoms with Crippen molar-refractivity contribution in [1.82, 2.24) is 14.9 Å². The fourth-order valence-electron chi connectivity index (χ4n) is 2.30. The van der Waals surface area contributed by atoms with Gasteiger partial charge in [0, 0.05) is 5.02 Å². The molecule has 0 saturated carbocycles. The van der Waals surface area contributed by atoms with Crippen molar-refractivity contribution in [1.29, 1.82) is 0 Å². The summed E-state index contributed by atoms with van der Waals surface area (Å²) < 4.78 is 13.3. The molecule has 1 heterocycles. The summed E-state index contributed by atoms with van der Waals surface area (Å²) in [6.45, 7) is 3.56. The Morgan fingerprint density at radius 1 is 1.00 bits per heavy atom. The summed E-state index contributed by atoms with van der Waals surface area (Å²) in [7, 11) is 0. The topological polar surface area (TPSA) is 61.2 Å². The van der Waals surface area contributed by atoms with Crippen LogP contribution in [0.25, 0.3) is 0 Å². The SMILES string of the molecule is CCOc1cc(CNn2cnnc2)ccc1OCc1cccc(Cl)c1. The molecule has 2 aromatic carbocycles. The maximum Gasteiger partial charge on any atom is 0.161 e. The summed E-state index contributed by atoms with van der Waals surface area (Å²) in [5.74, 6) is 1.42. The molecule has 0 bridgehead atoms. The monoisotopic (exact) mass is 358 g/mol. The molecule has 0 fully saturated rings. The number of hydrogen-bond donors (Lipinski definition) is 1. The molecule has 0 atom stereocenters. The third-order valence-corrected chi connectivity index (χ3v) is 3.71. The molecule has 6 nitrogen and oxygen atoms in total. The van der Waals surface area contributed by atoms with E-state index in [2.05, 4.69) is 15.6 Å². The summed E-state index contributed by atoms with van der Waals surface area (Å²) in [6, 6.07) is 13.5. The molecule has 3 aromatic rings. The second-order valence-electron chi connectivity index (χ2n) is 5.34. The van der Waals surface area contributed by atoms with E-state index in [4.69, 9.17) is 21.1 Å².